The molecule has 2 aromatic rings. The van der Waals surface area contributed by atoms with Gasteiger partial charge in [0.05, 0.1) is 6.54 Å². The maximum atomic E-state index is 10.3. The molecule has 0 atom stereocenters. The molecule has 0 aliphatic carbocycles. The van der Waals surface area contributed by atoms with Crippen LogP contribution in [-0.2, 0) is 6.42 Å². The van der Waals surface area contributed by atoms with Gasteiger partial charge in [-0.1, -0.05) is 35.9 Å². The zero-order valence-electron chi connectivity index (χ0n) is 11.4. The Morgan fingerprint density at radius 3 is 2.19 bits per heavy atom. The van der Waals surface area contributed by atoms with E-state index < -0.39 is 6.09 Å². The lowest BCUT2D eigenvalue weighted by molar-refractivity contribution is 0.191. The molecule has 5 heteroatoms. The molecule has 0 unspecified atom stereocenters. The second-order valence-corrected chi connectivity index (χ2v) is 4.96. The molecule has 2 rings (SSSR count). The maximum absolute atomic E-state index is 10.3. The van der Waals surface area contributed by atoms with Crippen molar-refractivity contribution in [3.05, 3.63) is 64.7 Å². The van der Waals surface area contributed by atoms with Crippen molar-refractivity contribution in [3.8, 4) is 5.75 Å². The molecule has 0 fully saturated rings. The molecule has 0 radical (unpaired) electrons. The third kappa shape index (κ3) is 5.36. The topological polar surface area (TPSA) is 58.6 Å². The van der Waals surface area contributed by atoms with Gasteiger partial charge >= 0.3 is 6.09 Å². The van der Waals surface area contributed by atoms with Crippen LogP contribution in [0.4, 0.5) is 4.79 Å². The largest absolute Gasteiger partial charge is 0.492 e. The van der Waals surface area contributed by atoms with Crippen molar-refractivity contribution in [2.75, 3.05) is 13.2 Å². The number of carbonyl (C=O) groups is 1. The summed E-state index contributed by atoms with van der Waals surface area (Å²) in [6.07, 6.45) is -0.213. The van der Waals surface area contributed by atoms with Gasteiger partial charge in [-0.05, 0) is 41.8 Å². The summed E-state index contributed by atoms with van der Waals surface area (Å²) in [4.78, 5) is 10.3. The van der Waals surface area contributed by atoms with Gasteiger partial charge in [0.15, 0.2) is 0 Å². The maximum Gasteiger partial charge on any atom is 0.404 e. The lowest BCUT2D eigenvalue weighted by Gasteiger charge is -2.07. The standard InChI is InChI=1S/C16H16ClNO3/c17-14-5-1-12(2-6-14)11-13-3-7-15(8-4-13)21-10-9-18-16(19)20/h1-8,18H,9-11H2,(H,19,20). The van der Waals surface area contributed by atoms with Gasteiger partial charge in [-0.3, -0.25) is 0 Å². The molecule has 0 bridgehead atoms. The van der Waals surface area contributed by atoms with Gasteiger partial charge in [0.25, 0.3) is 0 Å². The molecule has 0 aliphatic rings. The fourth-order valence-electron chi connectivity index (χ4n) is 1.87. The molecular formula is C16H16ClNO3. The van der Waals surface area contributed by atoms with Crippen LogP contribution >= 0.6 is 11.6 Å². The van der Waals surface area contributed by atoms with E-state index in [0.717, 1.165) is 17.2 Å². The highest BCUT2D eigenvalue weighted by Crippen LogP contribution is 2.16. The number of amides is 1. The molecule has 21 heavy (non-hydrogen) atoms. The summed E-state index contributed by atoms with van der Waals surface area (Å²) in [6.45, 7) is 0.574. The first-order chi connectivity index (χ1) is 10.1. The number of nitrogens with one attached hydrogen (secondary N) is 1. The summed E-state index contributed by atoms with van der Waals surface area (Å²) in [7, 11) is 0. The molecule has 0 spiro atoms. The fourth-order valence-corrected chi connectivity index (χ4v) is 1.99. The second kappa shape index (κ2) is 7.55. The van der Waals surface area contributed by atoms with Gasteiger partial charge in [-0.2, -0.15) is 0 Å². The zero-order valence-corrected chi connectivity index (χ0v) is 12.1. The lowest BCUT2D eigenvalue weighted by Crippen LogP contribution is -2.26. The third-order valence-corrected chi connectivity index (χ3v) is 3.14. The lowest BCUT2D eigenvalue weighted by atomic mass is 10.1. The van der Waals surface area contributed by atoms with E-state index in [0.29, 0.717) is 6.61 Å². The van der Waals surface area contributed by atoms with Crippen molar-refractivity contribution in [1.29, 1.82) is 0 Å². The molecule has 0 aliphatic heterocycles. The summed E-state index contributed by atoms with van der Waals surface area (Å²) in [6, 6.07) is 15.5. The van der Waals surface area contributed by atoms with Gasteiger partial charge in [-0.25, -0.2) is 4.79 Å². The Morgan fingerprint density at radius 1 is 1.05 bits per heavy atom. The van der Waals surface area contributed by atoms with Crippen molar-refractivity contribution >= 4 is 17.7 Å². The number of hydrogen-bond acceptors (Lipinski definition) is 2. The number of hydrogen-bond donors (Lipinski definition) is 2. The summed E-state index contributed by atoms with van der Waals surface area (Å²) in [5, 5.41) is 11.4. The normalized spacial score (nSPS) is 10.1. The first-order valence-electron chi connectivity index (χ1n) is 6.56. The Balaban J connectivity index is 1.84. The van der Waals surface area contributed by atoms with Gasteiger partial charge in [-0.15, -0.1) is 0 Å². The van der Waals surface area contributed by atoms with Crippen molar-refractivity contribution in [2.45, 2.75) is 6.42 Å². The molecule has 4 nitrogen and oxygen atoms in total. The first kappa shape index (κ1) is 15.2. The number of rotatable bonds is 6. The van der Waals surface area contributed by atoms with Crippen LogP contribution in [0.1, 0.15) is 11.1 Å². The Labute approximate surface area is 128 Å². The molecular weight excluding hydrogens is 290 g/mol. The summed E-state index contributed by atoms with van der Waals surface area (Å²) in [5.74, 6) is 0.724. The van der Waals surface area contributed by atoms with E-state index in [9.17, 15) is 4.79 Å². The van der Waals surface area contributed by atoms with Gasteiger partial charge in [0, 0.05) is 5.02 Å². The molecule has 2 N–H and O–H groups in total. The van der Waals surface area contributed by atoms with E-state index in [2.05, 4.69) is 5.32 Å². The molecule has 0 heterocycles. The van der Waals surface area contributed by atoms with Crippen LogP contribution in [0.2, 0.25) is 5.02 Å². The minimum absolute atomic E-state index is 0.266. The Bertz CT molecular complexity index is 581. The second-order valence-electron chi connectivity index (χ2n) is 4.53. The van der Waals surface area contributed by atoms with E-state index in [-0.39, 0.29) is 6.54 Å². The zero-order chi connectivity index (χ0) is 15.1. The number of benzene rings is 2. The SMILES string of the molecule is O=C(O)NCCOc1ccc(Cc2ccc(Cl)cc2)cc1. The third-order valence-electron chi connectivity index (χ3n) is 2.89. The fraction of sp³-hybridized carbons (Fsp3) is 0.188. The van der Waals surface area contributed by atoms with Crippen LogP contribution in [0.5, 0.6) is 5.75 Å². The quantitative estimate of drug-likeness (QED) is 0.802. The number of carboxylic acid groups (broad SMARTS) is 1. The molecule has 2 aromatic carbocycles. The Hall–Kier alpha value is -2.20. The number of ether oxygens (including phenoxy) is 1. The minimum atomic E-state index is -1.04. The predicted molar refractivity (Wildman–Crippen MR) is 82.2 cm³/mol. The van der Waals surface area contributed by atoms with Crippen LogP contribution in [0, 0.1) is 0 Å². The van der Waals surface area contributed by atoms with Crippen LogP contribution in [0.3, 0.4) is 0 Å². The molecule has 0 saturated heterocycles. The summed E-state index contributed by atoms with van der Waals surface area (Å²) < 4.78 is 5.43. The molecule has 110 valence electrons. The molecule has 0 aromatic heterocycles. The van der Waals surface area contributed by atoms with Gasteiger partial charge < -0.3 is 15.2 Å². The molecule has 1 amide bonds. The summed E-state index contributed by atoms with van der Waals surface area (Å²) >= 11 is 5.86. The van der Waals surface area contributed by atoms with Crippen LogP contribution in [0.15, 0.2) is 48.5 Å². The van der Waals surface area contributed by atoms with Crippen molar-refractivity contribution < 1.29 is 14.6 Å². The van der Waals surface area contributed by atoms with Gasteiger partial charge in [0.2, 0.25) is 0 Å². The Morgan fingerprint density at radius 2 is 1.62 bits per heavy atom. The van der Waals surface area contributed by atoms with Crippen molar-refractivity contribution in [2.24, 2.45) is 0 Å². The first-order valence-corrected chi connectivity index (χ1v) is 6.94. The monoisotopic (exact) mass is 305 g/mol. The highest BCUT2D eigenvalue weighted by molar-refractivity contribution is 6.30. The summed E-state index contributed by atoms with van der Waals surface area (Å²) in [5.41, 5.74) is 2.37. The van der Waals surface area contributed by atoms with E-state index in [1.165, 1.54) is 11.1 Å². The predicted octanol–water partition coefficient (Wildman–Crippen LogP) is 3.58. The number of halogens is 1. The highest BCUT2D eigenvalue weighted by Gasteiger charge is 1.99. The van der Waals surface area contributed by atoms with Crippen molar-refractivity contribution in [3.63, 3.8) is 0 Å². The average molecular weight is 306 g/mol. The van der Waals surface area contributed by atoms with E-state index >= 15 is 0 Å². The average Bonchev–Trinajstić information content (AvgIpc) is 2.47. The van der Waals surface area contributed by atoms with E-state index in [1.807, 2.05) is 48.5 Å². The van der Waals surface area contributed by atoms with Crippen LogP contribution in [-0.4, -0.2) is 24.4 Å². The van der Waals surface area contributed by atoms with Crippen molar-refractivity contribution in [1.82, 2.24) is 5.32 Å². The van der Waals surface area contributed by atoms with Crippen LogP contribution < -0.4 is 10.1 Å². The van der Waals surface area contributed by atoms with E-state index in [1.54, 1.807) is 0 Å². The smallest absolute Gasteiger partial charge is 0.404 e. The minimum Gasteiger partial charge on any atom is -0.492 e. The highest BCUT2D eigenvalue weighted by atomic mass is 35.5. The van der Waals surface area contributed by atoms with E-state index in [4.69, 9.17) is 21.4 Å². The van der Waals surface area contributed by atoms with Gasteiger partial charge in [0.1, 0.15) is 12.4 Å². The Kier molecular flexibility index (Phi) is 5.46. The van der Waals surface area contributed by atoms with Crippen LogP contribution in [0.25, 0.3) is 0 Å². The molecule has 0 saturated carbocycles.